The molecule has 132 valence electrons. The molecule has 0 N–H and O–H groups in total. The summed E-state index contributed by atoms with van der Waals surface area (Å²) in [7, 11) is 1.53. The number of aromatic nitrogens is 3. The van der Waals surface area contributed by atoms with E-state index in [1.807, 2.05) is 10.7 Å². The molecule has 1 aliphatic heterocycles. The minimum Gasteiger partial charge on any atom is -0.480 e. The van der Waals surface area contributed by atoms with E-state index in [1.165, 1.54) is 20.0 Å². The van der Waals surface area contributed by atoms with Crippen LogP contribution in [0, 0.1) is 5.92 Å². The van der Waals surface area contributed by atoms with Crippen LogP contribution in [0.1, 0.15) is 28.9 Å². The molecule has 4 rings (SSSR count). The molecule has 2 aromatic rings. The van der Waals surface area contributed by atoms with Crippen molar-refractivity contribution in [2.75, 3.05) is 20.3 Å². The largest absolute Gasteiger partial charge is 0.480 e. The molecule has 3 heterocycles. The van der Waals surface area contributed by atoms with Gasteiger partial charge in [-0.15, -0.1) is 0 Å². The number of hydrogen-bond donors (Lipinski definition) is 0. The van der Waals surface area contributed by atoms with E-state index >= 15 is 0 Å². The fourth-order valence-corrected chi connectivity index (χ4v) is 3.12. The standard InChI is InChI=1S/C18H22N4O3/c1-24-17-16(3-2-7-19-17)18(23)21-9-14-6-8-20-22(14)11-15(10-21)25-12-13-4-5-13/h2-3,6-8,13,15H,4-5,9-12H2,1H3. The fraction of sp³-hybridized carbons (Fsp3) is 0.500. The van der Waals surface area contributed by atoms with E-state index in [4.69, 9.17) is 9.47 Å². The molecule has 0 radical (unpaired) electrons. The lowest BCUT2D eigenvalue weighted by molar-refractivity contribution is 0.0135. The number of fused-ring (bicyclic) bond motifs is 1. The molecule has 1 saturated carbocycles. The van der Waals surface area contributed by atoms with Gasteiger partial charge in [0, 0.05) is 25.5 Å². The van der Waals surface area contributed by atoms with Gasteiger partial charge >= 0.3 is 0 Å². The lowest BCUT2D eigenvalue weighted by atomic mass is 10.2. The molecule has 0 spiro atoms. The zero-order valence-electron chi connectivity index (χ0n) is 14.3. The second-order valence-electron chi connectivity index (χ2n) is 6.65. The van der Waals surface area contributed by atoms with Gasteiger partial charge in [-0.2, -0.15) is 5.10 Å². The Morgan fingerprint density at radius 1 is 1.28 bits per heavy atom. The summed E-state index contributed by atoms with van der Waals surface area (Å²) >= 11 is 0. The molecule has 2 aliphatic rings. The molecule has 2 aromatic heterocycles. The first kappa shape index (κ1) is 16.1. The van der Waals surface area contributed by atoms with E-state index in [0.29, 0.717) is 37.0 Å². The number of carbonyl (C=O) groups is 1. The zero-order valence-corrected chi connectivity index (χ0v) is 14.3. The predicted molar refractivity (Wildman–Crippen MR) is 90.2 cm³/mol. The molecule has 1 amide bonds. The highest BCUT2D eigenvalue weighted by Gasteiger charge is 2.30. The maximum atomic E-state index is 13.1. The van der Waals surface area contributed by atoms with E-state index in [-0.39, 0.29) is 12.0 Å². The van der Waals surface area contributed by atoms with Gasteiger partial charge in [0.25, 0.3) is 5.91 Å². The summed E-state index contributed by atoms with van der Waals surface area (Å²) in [6, 6.07) is 5.44. The Balaban J connectivity index is 1.57. The normalized spacial score (nSPS) is 20.0. The highest BCUT2D eigenvalue weighted by Crippen LogP contribution is 2.30. The lowest BCUT2D eigenvalue weighted by Gasteiger charge is -2.24. The van der Waals surface area contributed by atoms with Crippen molar-refractivity contribution in [2.24, 2.45) is 5.92 Å². The number of carbonyl (C=O) groups excluding carboxylic acids is 1. The van der Waals surface area contributed by atoms with Crippen molar-refractivity contribution in [3.8, 4) is 5.88 Å². The number of amides is 1. The zero-order chi connectivity index (χ0) is 17.2. The van der Waals surface area contributed by atoms with Gasteiger partial charge in [0.2, 0.25) is 5.88 Å². The number of nitrogens with zero attached hydrogens (tertiary/aromatic N) is 4. The summed E-state index contributed by atoms with van der Waals surface area (Å²) in [5.74, 6) is 0.934. The van der Waals surface area contributed by atoms with E-state index in [0.717, 1.165) is 12.3 Å². The first-order valence-corrected chi connectivity index (χ1v) is 8.65. The minimum atomic E-state index is -0.0976. The summed E-state index contributed by atoms with van der Waals surface area (Å²) in [5, 5.41) is 4.37. The molecule has 0 aromatic carbocycles. The fourth-order valence-electron chi connectivity index (χ4n) is 3.12. The topological polar surface area (TPSA) is 69.5 Å². The molecular formula is C18H22N4O3. The molecule has 7 nitrogen and oxygen atoms in total. The van der Waals surface area contributed by atoms with E-state index in [2.05, 4.69) is 10.1 Å². The van der Waals surface area contributed by atoms with Gasteiger partial charge in [-0.05, 0) is 37.0 Å². The van der Waals surface area contributed by atoms with Gasteiger partial charge in [0.1, 0.15) is 5.56 Å². The summed E-state index contributed by atoms with van der Waals surface area (Å²) in [5.41, 5.74) is 1.48. The molecule has 0 bridgehead atoms. The van der Waals surface area contributed by atoms with Crippen molar-refractivity contribution in [2.45, 2.75) is 32.0 Å². The van der Waals surface area contributed by atoms with Crippen molar-refractivity contribution < 1.29 is 14.3 Å². The summed E-state index contributed by atoms with van der Waals surface area (Å²) < 4.78 is 13.3. The van der Waals surface area contributed by atoms with Crippen LogP contribution in [0.15, 0.2) is 30.6 Å². The number of methoxy groups -OCH3 is 1. The Bertz CT molecular complexity index is 756. The third-order valence-corrected chi connectivity index (χ3v) is 4.70. The van der Waals surface area contributed by atoms with Crippen molar-refractivity contribution >= 4 is 5.91 Å². The van der Waals surface area contributed by atoms with Crippen LogP contribution in [-0.2, 0) is 17.8 Å². The quantitative estimate of drug-likeness (QED) is 0.828. The molecule has 1 aliphatic carbocycles. The highest BCUT2D eigenvalue weighted by atomic mass is 16.5. The van der Waals surface area contributed by atoms with Gasteiger partial charge < -0.3 is 14.4 Å². The Hall–Kier alpha value is -2.41. The summed E-state index contributed by atoms with van der Waals surface area (Å²) in [6.45, 7) is 2.47. The summed E-state index contributed by atoms with van der Waals surface area (Å²) in [6.07, 6.45) is 5.82. The van der Waals surface area contributed by atoms with Crippen LogP contribution in [0.25, 0.3) is 0 Å². The third-order valence-electron chi connectivity index (χ3n) is 4.70. The van der Waals surface area contributed by atoms with Crippen LogP contribution in [-0.4, -0.2) is 51.9 Å². The molecule has 7 heteroatoms. The van der Waals surface area contributed by atoms with Crippen LogP contribution in [0.3, 0.4) is 0 Å². The van der Waals surface area contributed by atoms with Gasteiger partial charge in [-0.1, -0.05) is 0 Å². The maximum Gasteiger partial charge on any atom is 0.259 e. The van der Waals surface area contributed by atoms with E-state index in [9.17, 15) is 4.79 Å². The number of ether oxygens (including phenoxy) is 2. The van der Waals surface area contributed by atoms with Gasteiger partial charge in [0.15, 0.2) is 0 Å². The number of pyridine rings is 1. The molecule has 1 atom stereocenters. The van der Waals surface area contributed by atoms with Crippen molar-refractivity contribution in [3.05, 3.63) is 41.9 Å². The minimum absolute atomic E-state index is 0.0617. The van der Waals surface area contributed by atoms with Crippen LogP contribution >= 0.6 is 0 Å². The van der Waals surface area contributed by atoms with Crippen molar-refractivity contribution in [1.82, 2.24) is 19.7 Å². The SMILES string of the molecule is COc1ncccc1C(=O)N1Cc2ccnn2CC(OCC2CC2)C1. The molecule has 0 saturated heterocycles. The predicted octanol–water partition coefficient (Wildman–Crippen LogP) is 1.74. The van der Waals surface area contributed by atoms with E-state index in [1.54, 1.807) is 29.4 Å². The first-order valence-electron chi connectivity index (χ1n) is 8.65. The van der Waals surface area contributed by atoms with Crippen molar-refractivity contribution in [1.29, 1.82) is 0 Å². The second-order valence-corrected chi connectivity index (χ2v) is 6.65. The molecule has 1 unspecified atom stereocenters. The molecular weight excluding hydrogens is 320 g/mol. The maximum absolute atomic E-state index is 13.1. The third kappa shape index (κ3) is 3.51. The lowest BCUT2D eigenvalue weighted by Crippen LogP contribution is -2.37. The van der Waals surface area contributed by atoms with E-state index < -0.39 is 0 Å². The smallest absolute Gasteiger partial charge is 0.259 e. The Morgan fingerprint density at radius 2 is 2.16 bits per heavy atom. The van der Waals surface area contributed by atoms with Gasteiger partial charge in [-0.25, -0.2) is 4.98 Å². The van der Waals surface area contributed by atoms with Crippen LogP contribution in [0.4, 0.5) is 0 Å². The van der Waals surface area contributed by atoms with Crippen LogP contribution in [0.5, 0.6) is 5.88 Å². The molecule has 1 fully saturated rings. The Morgan fingerprint density at radius 3 is 2.96 bits per heavy atom. The average molecular weight is 342 g/mol. The van der Waals surface area contributed by atoms with Gasteiger partial charge in [0.05, 0.1) is 32.0 Å². The number of hydrogen-bond acceptors (Lipinski definition) is 5. The second kappa shape index (κ2) is 6.84. The van der Waals surface area contributed by atoms with Crippen LogP contribution in [0.2, 0.25) is 0 Å². The van der Waals surface area contributed by atoms with Gasteiger partial charge in [-0.3, -0.25) is 9.48 Å². The monoisotopic (exact) mass is 342 g/mol. The van der Waals surface area contributed by atoms with Crippen molar-refractivity contribution in [3.63, 3.8) is 0 Å². The molecule has 25 heavy (non-hydrogen) atoms. The first-order chi connectivity index (χ1) is 12.2. The Kier molecular flexibility index (Phi) is 4.40. The van der Waals surface area contributed by atoms with Crippen LogP contribution < -0.4 is 4.74 Å². The Labute approximate surface area is 146 Å². The average Bonchev–Trinajstić information content (AvgIpc) is 3.41. The number of rotatable bonds is 5. The summed E-state index contributed by atoms with van der Waals surface area (Å²) in [4.78, 5) is 19.0. The highest BCUT2D eigenvalue weighted by molar-refractivity contribution is 5.96.